The van der Waals surface area contributed by atoms with Gasteiger partial charge in [0.25, 0.3) is 0 Å². The van der Waals surface area contributed by atoms with Gasteiger partial charge in [-0.2, -0.15) is 0 Å². The van der Waals surface area contributed by atoms with Gasteiger partial charge in [-0.05, 0) is 38.6 Å². The molecule has 0 heterocycles. The van der Waals surface area contributed by atoms with E-state index >= 15 is 0 Å². The lowest BCUT2D eigenvalue weighted by Crippen LogP contribution is -2.34. The third-order valence-electron chi connectivity index (χ3n) is 2.70. The van der Waals surface area contributed by atoms with E-state index in [4.69, 9.17) is 0 Å². The number of aliphatic hydroxyl groups excluding tert-OH is 2. The van der Waals surface area contributed by atoms with E-state index in [1.165, 1.54) is 0 Å². The quantitative estimate of drug-likeness (QED) is 0.568. The van der Waals surface area contributed by atoms with Crippen LogP contribution in [0.15, 0.2) is 0 Å². The van der Waals surface area contributed by atoms with E-state index in [9.17, 15) is 10.2 Å². The lowest BCUT2D eigenvalue weighted by molar-refractivity contribution is 0.0432. The van der Waals surface area contributed by atoms with E-state index < -0.39 is 0 Å². The van der Waals surface area contributed by atoms with Crippen molar-refractivity contribution in [2.75, 3.05) is 13.6 Å². The lowest BCUT2D eigenvalue weighted by atomic mass is 9.84. The van der Waals surface area contributed by atoms with Crippen LogP contribution in [0, 0.1) is 5.92 Å². The fraction of sp³-hybridized carbons (Fsp3) is 1.00. The summed E-state index contributed by atoms with van der Waals surface area (Å²) >= 11 is 0. The molecule has 3 nitrogen and oxygen atoms in total. The van der Waals surface area contributed by atoms with E-state index in [1.807, 2.05) is 7.05 Å². The van der Waals surface area contributed by atoms with Crippen molar-refractivity contribution in [3.05, 3.63) is 0 Å². The summed E-state index contributed by atoms with van der Waals surface area (Å²) in [5.74, 6) is 0.390. The maximum absolute atomic E-state index is 9.62. The Morgan fingerprint density at radius 2 is 1.92 bits per heavy atom. The minimum atomic E-state index is -0.234. The predicted molar refractivity (Wildman–Crippen MR) is 47.9 cm³/mol. The van der Waals surface area contributed by atoms with Gasteiger partial charge in [0.2, 0.25) is 0 Å². The summed E-state index contributed by atoms with van der Waals surface area (Å²) in [6.07, 6.45) is 3.27. The Hall–Kier alpha value is -0.120. The molecule has 1 fully saturated rings. The summed E-state index contributed by atoms with van der Waals surface area (Å²) in [5.41, 5.74) is 0. The molecule has 1 unspecified atom stereocenters. The SMILES string of the molecule is CNCC(O)C1CCC(O)CC1. The van der Waals surface area contributed by atoms with Crippen molar-refractivity contribution in [1.82, 2.24) is 5.32 Å². The highest BCUT2D eigenvalue weighted by atomic mass is 16.3. The molecule has 3 heteroatoms. The summed E-state index contributed by atoms with van der Waals surface area (Å²) in [4.78, 5) is 0. The Kier molecular flexibility index (Phi) is 3.98. The van der Waals surface area contributed by atoms with Crippen LogP contribution < -0.4 is 5.32 Å². The van der Waals surface area contributed by atoms with E-state index in [-0.39, 0.29) is 12.2 Å². The van der Waals surface area contributed by atoms with Gasteiger partial charge in [0, 0.05) is 6.54 Å². The molecule has 0 amide bonds. The molecule has 1 saturated carbocycles. The predicted octanol–water partition coefficient (Wildman–Crippen LogP) is 0.118. The number of likely N-dealkylation sites (N-methyl/N-ethyl adjacent to an activating group) is 1. The van der Waals surface area contributed by atoms with E-state index in [0.29, 0.717) is 12.5 Å². The third kappa shape index (κ3) is 2.73. The second-order valence-electron chi connectivity index (χ2n) is 3.69. The Bertz CT molecular complexity index is 122. The van der Waals surface area contributed by atoms with Crippen LogP contribution in [-0.2, 0) is 0 Å². The molecule has 0 aliphatic heterocycles. The van der Waals surface area contributed by atoms with Crippen molar-refractivity contribution < 1.29 is 10.2 Å². The van der Waals surface area contributed by atoms with Gasteiger partial charge in [-0.25, -0.2) is 0 Å². The number of aliphatic hydroxyl groups is 2. The normalized spacial score (nSPS) is 33.2. The maximum atomic E-state index is 9.62. The standard InChI is InChI=1S/C9H19NO2/c1-10-6-9(12)7-2-4-8(11)5-3-7/h7-12H,2-6H2,1H3. The first-order valence-corrected chi connectivity index (χ1v) is 4.74. The van der Waals surface area contributed by atoms with Crippen LogP contribution in [0.3, 0.4) is 0 Å². The highest BCUT2D eigenvalue weighted by Gasteiger charge is 2.24. The van der Waals surface area contributed by atoms with Crippen LogP contribution in [0.25, 0.3) is 0 Å². The molecule has 0 saturated heterocycles. The maximum Gasteiger partial charge on any atom is 0.0692 e. The molecule has 1 rings (SSSR count). The van der Waals surface area contributed by atoms with E-state index in [2.05, 4.69) is 5.32 Å². The van der Waals surface area contributed by atoms with Gasteiger partial charge in [0.15, 0.2) is 0 Å². The summed E-state index contributed by atoms with van der Waals surface area (Å²) in [7, 11) is 1.85. The van der Waals surface area contributed by atoms with Crippen molar-refractivity contribution in [2.24, 2.45) is 5.92 Å². The number of hydrogen-bond acceptors (Lipinski definition) is 3. The zero-order valence-electron chi connectivity index (χ0n) is 7.66. The van der Waals surface area contributed by atoms with Crippen molar-refractivity contribution in [2.45, 2.75) is 37.9 Å². The molecule has 0 aromatic carbocycles. The number of hydrogen-bond donors (Lipinski definition) is 3. The highest BCUT2D eigenvalue weighted by molar-refractivity contribution is 4.77. The Balaban J connectivity index is 2.24. The molecule has 1 aliphatic carbocycles. The second-order valence-corrected chi connectivity index (χ2v) is 3.69. The largest absolute Gasteiger partial charge is 0.393 e. The van der Waals surface area contributed by atoms with Crippen LogP contribution in [0.5, 0.6) is 0 Å². The average Bonchev–Trinajstić information content (AvgIpc) is 2.06. The van der Waals surface area contributed by atoms with Crippen molar-refractivity contribution in [3.63, 3.8) is 0 Å². The Labute approximate surface area is 73.8 Å². The first kappa shape index (κ1) is 9.96. The first-order chi connectivity index (χ1) is 5.74. The number of nitrogens with one attached hydrogen (secondary N) is 1. The Morgan fingerprint density at radius 1 is 1.33 bits per heavy atom. The molecule has 0 aromatic heterocycles. The molecule has 3 N–H and O–H groups in total. The van der Waals surface area contributed by atoms with Crippen molar-refractivity contribution in [1.29, 1.82) is 0 Å². The Morgan fingerprint density at radius 3 is 2.42 bits per heavy atom. The van der Waals surface area contributed by atoms with Crippen LogP contribution in [0.4, 0.5) is 0 Å². The average molecular weight is 173 g/mol. The van der Waals surface area contributed by atoms with Crippen molar-refractivity contribution in [3.8, 4) is 0 Å². The fourth-order valence-corrected chi connectivity index (χ4v) is 1.86. The summed E-state index contributed by atoms with van der Waals surface area (Å²) < 4.78 is 0. The summed E-state index contributed by atoms with van der Waals surface area (Å²) in [5, 5.41) is 21.8. The molecule has 1 aliphatic rings. The monoisotopic (exact) mass is 173 g/mol. The smallest absolute Gasteiger partial charge is 0.0692 e. The summed E-state index contributed by atoms with van der Waals surface area (Å²) in [6.45, 7) is 0.667. The molecular weight excluding hydrogens is 154 g/mol. The first-order valence-electron chi connectivity index (χ1n) is 4.74. The minimum absolute atomic E-state index is 0.122. The second kappa shape index (κ2) is 4.80. The van der Waals surface area contributed by atoms with Crippen LogP contribution in [0.1, 0.15) is 25.7 Å². The topological polar surface area (TPSA) is 52.5 Å². The summed E-state index contributed by atoms with van der Waals surface area (Å²) in [6, 6.07) is 0. The molecule has 0 aromatic rings. The molecular formula is C9H19NO2. The van der Waals surface area contributed by atoms with Crippen LogP contribution >= 0.6 is 0 Å². The molecule has 1 atom stereocenters. The molecule has 0 radical (unpaired) electrons. The van der Waals surface area contributed by atoms with Gasteiger partial charge in [0.05, 0.1) is 12.2 Å². The van der Waals surface area contributed by atoms with Gasteiger partial charge < -0.3 is 15.5 Å². The highest BCUT2D eigenvalue weighted by Crippen LogP contribution is 2.26. The third-order valence-corrected chi connectivity index (χ3v) is 2.70. The van der Waals surface area contributed by atoms with Crippen LogP contribution in [-0.4, -0.2) is 36.0 Å². The van der Waals surface area contributed by atoms with Gasteiger partial charge >= 0.3 is 0 Å². The fourth-order valence-electron chi connectivity index (χ4n) is 1.86. The minimum Gasteiger partial charge on any atom is -0.393 e. The van der Waals surface area contributed by atoms with E-state index in [1.54, 1.807) is 0 Å². The van der Waals surface area contributed by atoms with Gasteiger partial charge in [-0.3, -0.25) is 0 Å². The number of rotatable bonds is 3. The van der Waals surface area contributed by atoms with Gasteiger partial charge in [-0.1, -0.05) is 0 Å². The van der Waals surface area contributed by atoms with Crippen LogP contribution in [0.2, 0.25) is 0 Å². The molecule has 0 bridgehead atoms. The zero-order valence-corrected chi connectivity index (χ0v) is 7.66. The van der Waals surface area contributed by atoms with Crippen molar-refractivity contribution >= 4 is 0 Å². The zero-order chi connectivity index (χ0) is 8.97. The van der Waals surface area contributed by atoms with Gasteiger partial charge in [0.1, 0.15) is 0 Å². The van der Waals surface area contributed by atoms with E-state index in [0.717, 1.165) is 25.7 Å². The lowest BCUT2D eigenvalue weighted by Gasteiger charge is -2.28. The molecule has 72 valence electrons. The molecule has 12 heavy (non-hydrogen) atoms. The van der Waals surface area contributed by atoms with Gasteiger partial charge in [-0.15, -0.1) is 0 Å². The molecule has 0 spiro atoms.